The van der Waals surface area contributed by atoms with Crippen LogP contribution in [0.5, 0.6) is 0 Å². The molecule has 0 aromatic rings. The summed E-state index contributed by atoms with van der Waals surface area (Å²) in [6.45, 7) is 8.49. The zero-order valence-electron chi connectivity index (χ0n) is 7.92. The van der Waals surface area contributed by atoms with E-state index < -0.39 is 5.97 Å². The van der Waals surface area contributed by atoms with Gasteiger partial charge in [0.05, 0.1) is 19.8 Å². The predicted octanol–water partition coefficient (Wildman–Crippen LogP) is 1.38. The molecule has 3 heterocycles. The Bertz CT molecular complexity index is 164. The van der Waals surface area contributed by atoms with Crippen LogP contribution < -0.4 is 0 Å². The van der Waals surface area contributed by atoms with Gasteiger partial charge >= 0.3 is 0 Å². The third-order valence-corrected chi connectivity index (χ3v) is 3.09. The molecule has 3 saturated heterocycles. The first-order valence-corrected chi connectivity index (χ1v) is 4.48. The summed E-state index contributed by atoms with van der Waals surface area (Å²) in [5.74, 6) is -0.209. The summed E-state index contributed by atoms with van der Waals surface area (Å²) < 4.78 is 16.5. The highest BCUT2D eigenvalue weighted by Gasteiger charge is 2.51. The molecule has 12 heavy (non-hydrogen) atoms. The first-order valence-electron chi connectivity index (χ1n) is 4.48. The summed E-state index contributed by atoms with van der Waals surface area (Å²) >= 11 is 0. The molecule has 3 fully saturated rings. The van der Waals surface area contributed by atoms with Crippen LogP contribution in [0.4, 0.5) is 0 Å². The number of rotatable bonds is 1. The minimum Gasteiger partial charge on any atom is -0.327 e. The molecule has 3 aliphatic heterocycles. The van der Waals surface area contributed by atoms with E-state index in [9.17, 15) is 0 Å². The minimum atomic E-state index is -0.753. The molecule has 0 N–H and O–H groups in total. The van der Waals surface area contributed by atoms with E-state index in [1.54, 1.807) is 0 Å². The fourth-order valence-electron chi connectivity index (χ4n) is 1.57. The van der Waals surface area contributed by atoms with Gasteiger partial charge in [0, 0.05) is 12.3 Å². The van der Waals surface area contributed by atoms with E-state index in [4.69, 9.17) is 14.2 Å². The van der Waals surface area contributed by atoms with Gasteiger partial charge in [0.25, 0.3) is 5.97 Å². The average molecular weight is 172 g/mol. The maximum Gasteiger partial charge on any atom is 0.279 e. The van der Waals surface area contributed by atoms with Crippen molar-refractivity contribution in [3.8, 4) is 0 Å². The molecule has 0 radical (unpaired) electrons. The van der Waals surface area contributed by atoms with Crippen molar-refractivity contribution in [1.82, 2.24) is 0 Å². The molecule has 0 unspecified atom stereocenters. The van der Waals surface area contributed by atoms with E-state index in [2.05, 4.69) is 13.8 Å². The topological polar surface area (TPSA) is 27.7 Å². The number of ether oxygens (including phenoxy) is 3. The van der Waals surface area contributed by atoms with Crippen LogP contribution in [0.2, 0.25) is 0 Å². The number of hydrogen-bond acceptors (Lipinski definition) is 3. The van der Waals surface area contributed by atoms with Gasteiger partial charge in [-0.2, -0.15) is 0 Å². The largest absolute Gasteiger partial charge is 0.327 e. The summed E-state index contributed by atoms with van der Waals surface area (Å²) in [5.41, 5.74) is 0.0950. The Morgan fingerprint density at radius 1 is 1.00 bits per heavy atom. The molecule has 0 aliphatic carbocycles. The number of fused-ring (bicyclic) bond motifs is 3. The van der Waals surface area contributed by atoms with Gasteiger partial charge in [-0.25, -0.2) is 0 Å². The lowest BCUT2D eigenvalue weighted by Crippen LogP contribution is -2.60. The Balaban J connectivity index is 2.14. The summed E-state index contributed by atoms with van der Waals surface area (Å²) in [5, 5.41) is 0. The Morgan fingerprint density at radius 3 is 1.75 bits per heavy atom. The Labute approximate surface area is 73.0 Å². The van der Waals surface area contributed by atoms with Crippen molar-refractivity contribution in [3.63, 3.8) is 0 Å². The second kappa shape index (κ2) is 2.44. The molecule has 2 bridgehead atoms. The molecule has 0 atom stereocenters. The van der Waals surface area contributed by atoms with Gasteiger partial charge < -0.3 is 14.2 Å². The van der Waals surface area contributed by atoms with Crippen molar-refractivity contribution in [2.45, 2.75) is 26.7 Å². The van der Waals surface area contributed by atoms with E-state index >= 15 is 0 Å². The molecule has 0 aromatic heterocycles. The van der Waals surface area contributed by atoms with Crippen molar-refractivity contribution in [1.29, 1.82) is 0 Å². The normalized spacial score (nSPS) is 47.0. The van der Waals surface area contributed by atoms with Crippen molar-refractivity contribution in [2.75, 3.05) is 19.8 Å². The van der Waals surface area contributed by atoms with Crippen LogP contribution in [-0.4, -0.2) is 25.8 Å². The summed E-state index contributed by atoms with van der Waals surface area (Å²) in [7, 11) is 0. The van der Waals surface area contributed by atoms with Crippen molar-refractivity contribution >= 4 is 0 Å². The predicted molar refractivity (Wildman–Crippen MR) is 43.5 cm³/mol. The molecular weight excluding hydrogens is 156 g/mol. The van der Waals surface area contributed by atoms with E-state index in [0.29, 0.717) is 5.92 Å². The van der Waals surface area contributed by atoms with Crippen LogP contribution in [-0.2, 0) is 14.2 Å². The lowest BCUT2D eigenvalue weighted by Gasteiger charge is -2.52. The van der Waals surface area contributed by atoms with Crippen molar-refractivity contribution in [2.24, 2.45) is 11.3 Å². The molecule has 0 aromatic carbocycles. The van der Waals surface area contributed by atoms with Gasteiger partial charge in [0.2, 0.25) is 0 Å². The van der Waals surface area contributed by atoms with E-state index in [0.717, 1.165) is 19.8 Å². The minimum absolute atomic E-state index is 0.0950. The van der Waals surface area contributed by atoms with Crippen LogP contribution in [0.3, 0.4) is 0 Å². The Kier molecular flexibility index (Phi) is 1.72. The highest BCUT2D eigenvalue weighted by Crippen LogP contribution is 2.42. The van der Waals surface area contributed by atoms with Crippen LogP contribution in [0.25, 0.3) is 0 Å². The van der Waals surface area contributed by atoms with Gasteiger partial charge in [0.15, 0.2) is 0 Å². The molecule has 3 rings (SSSR count). The van der Waals surface area contributed by atoms with E-state index in [1.165, 1.54) is 0 Å². The van der Waals surface area contributed by atoms with Crippen molar-refractivity contribution in [3.05, 3.63) is 0 Å². The van der Waals surface area contributed by atoms with Gasteiger partial charge in [-0.3, -0.25) is 0 Å². The lowest BCUT2D eigenvalue weighted by molar-refractivity contribution is -0.464. The van der Waals surface area contributed by atoms with Gasteiger partial charge in [0.1, 0.15) is 0 Å². The van der Waals surface area contributed by atoms with Crippen LogP contribution in [0.1, 0.15) is 20.8 Å². The summed E-state index contributed by atoms with van der Waals surface area (Å²) in [6.07, 6.45) is 0. The van der Waals surface area contributed by atoms with Gasteiger partial charge in [-0.1, -0.05) is 13.8 Å². The smallest absolute Gasteiger partial charge is 0.279 e. The summed E-state index contributed by atoms with van der Waals surface area (Å²) in [4.78, 5) is 0. The molecule has 0 saturated carbocycles. The number of hydrogen-bond donors (Lipinski definition) is 0. The maximum atomic E-state index is 5.48. The van der Waals surface area contributed by atoms with Crippen LogP contribution in [0.15, 0.2) is 0 Å². The summed E-state index contributed by atoms with van der Waals surface area (Å²) in [6, 6.07) is 0. The lowest BCUT2D eigenvalue weighted by atomic mass is 9.78. The van der Waals surface area contributed by atoms with Gasteiger partial charge in [-0.15, -0.1) is 0 Å². The highest BCUT2D eigenvalue weighted by molar-refractivity contribution is 4.89. The van der Waals surface area contributed by atoms with Crippen molar-refractivity contribution < 1.29 is 14.2 Å². The molecule has 0 amide bonds. The van der Waals surface area contributed by atoms with Crippen LogP contribution in [0, 0.1) is 11.3 Å². The molecular formula is C9H16O3. The molecule has 70 valence electrons. The standard InChI is InChI=1S/C9H16O3/c1-7(2)9-4-10-8(3,11-5-9)12-6-9/h7H,4-6H2,1-3H3. The fraction of sp³-hybridized carbons (Fsp3) is 1.00. The highest BCUT2D eigenvalue weighted by atomic mass is 16.9. The Hall–Kier alpha value is -0.120. The third-order valence-electron chi connectivity index (χ3n) is 3.09. The zero-order chi connectivity index (χ0) is 8.82. The fourth-order valence-corrected chi connectivity index (χ4v) is 1.57. The molecule has 0 spiro atoms. The monoisotopic (exact) mass is 172 g/mol. The molecule has 3 nitrogen and oxygen atoms in total. The van der Waals surface area contributed by atoms with E-state index in [-0.39, 0.29) is 5.41 Å². The molecule has 3 aliphatic rings. The van der Waals surface area contributed by atoms with Crippen LogP contribution >= 0.6 is 0 Å². The third kappa shape index (κ3) is 1.08. The van der Waals surface area contributed by atoms with Gasteiger partial charge in [-0.05, 0) is 5.92 Å². The zero-order valence-corrected chi connectivity index (χ0v) is 7.92. The first-order chi connectivity index (χ1) is 5.56. The first kappa shape index (κ1) is 8.48. The molecule has 3 heteroatoms. The quantitative estimate of drug-likeness (QED) is 0.598. The maximum absolute atomic E-state index is 5.48. The Morgan fingerprint density at radius 2 is 1.42 bits per heavy atom. The van der Waals surface area contributed by atoms with E-state index in [1.807, 2.05) is 6.92 Å². The second-order valence-electron chi connectivity index (χ2n) is 4.25. The SMILES string of the molecule is CC(C)C12COC(C)(OC1)OC2. The second-order valence-corrected chi connectivity index (χ2v) is 4.25. The average Bonchev–Trinajstić information content (AvgIpc) is 2.06.